The highest BCUT2D eigenvalue weighted by atomic mass is 16.6. The van der Waals surface area contributed by atoms with Crippen molar-refractivity contribution >= 4 is 5.69 Å². The van der Waals surface area contributed by atoms with Gasteiger partial charge in [-0.3, -0.25) is 10.1 Å². The SMILES string of the molecule is COc1ccc(C(O)C(CO)Oc2ccc([N+](=O)[O-])cc2)cc1OC. The van der Waals surface area contributed by atoms with E-state index in [1.807, 2.05) is 0 Å². The molecule has 0 saturated carbocycles. The fourth-order valence-corrected chi connectivity index (χ4v) is 2.27. The molecule has 0 heterocycles. The molecule has 0 aromatic heterocycles. The van der Waals surface area contributed by atoms with Gasteiger partial charge in [-0.1, -0.05) is 6.07 Å². The third kappa shape index (κ3) is 4.37. The maximum absolute atomic E-state index is 10.7. The lowest BCUT2D eigenvalue weighted by Gasteiger charge is -2.23. The first-order chi connectivity index (χ1) is 12.0. The average molecular weight is 349 g/mol. The van der Waals surface area contributed by atoms with Crippen molar-refractivity contribution in [2.24, 2.45) is 0 Å². The highest BCUT2D eigenvalue weighted by Gasteiger charge is 2.23. The van der Waals surface area contributed by atoms with Crippen molar-refractivity contribution in [1.82, 2.24) is 0 Å². The minimum Gasteiger partial charge on any atom is -0.493 e. The Morgan fingerprint density at radius 1 is 1.08 bits per heavy atom. The van der Waals surface area contributed by atoms with Crippen LogP contribution < -0.4 is 14.2 Å². The monoisotopic (exact) mass is 349 g/mol. The highest BCUT2D eigenvalue weighted by molar-refractivity contribution is 5.44. The number of aliphatic hydroxyl groups is 2. The van der Waals surface area contributed by atoms with Gasteiger partial charge >= 0.3 is 0 Å². The van der Waals surface area contributed by atoms with Crippen LogP contribution in [0.3, 0.4) is 0 Å². The van der Waals surface area contributed by atoms with Crippen LogP contribution in [0.15, 0.2) is 42.5 Å². The third-order valence-electron chi connectivity index (χ3n) is 3.62. The Labute approximate surface area is 144 Å². The van der Waals surface area contributed by atoms with Gasteiger partial charge in [-0.05, 0) is 29.8 Å². The van der Waals surface area contributed by atoms with E-state index in [4.69, 9.17) is 14.2 Å². The van der Waals surface area contributed by atoms with Gasteiger partial charge in [0.2, 0.25) is 0 Å². The molecule has 134 valence electrons. The molecule has 2 aromatic rings. The fourth-order valence-electron chi connectivity index (χ4n) is 2.27. The molecule has 0 bridgehead atoms. The first-order valence-electron chi connectivity index (χ1n) is 7.42. The van der Waals surface area contributed by atoms with E-state index >= 15 is 0 Å². The zero-order valence-corrected chi connectivity index (χ0v) is 13.8. The van der Waals surface area contributed by atoms with Gasteiger partial charge in [0.1, 0.15) is 11.9 Å². The number of nitro groups is 1. The summed E-state index contributed by atoms with van der Waals surface area (Å²) in [5.74, 6) is 1.24. The van der Waals surface area contributed by atoms with Crippen LogP contribution in [0.2, 0.25) is 0 Å². The third-order valence-corrected chi connectivity index (χ3v) is 3.62. The maximum Gasteiger partial charge on any atom is 0.269 e. The van der Waals surface area contributed by atoms with Crippen molar-refractivity contribution in [3.8, 4) is 17.2 Å². The number of hydrogen-bond acceptors (Lipinski definition) is 7. The van der Waals surface area contributed by atoms with Gasteiger partial charge in [0.05, 0.1) is 25.7 Å². The van der Waals surface area contributed by atoms with Crippen LogP contribution in [0.4, 0.5) is 5.69 Å². The largest absolute Gasteiger partial charge is 0.493 e. The van der Waals surface area contributed by atoms with Crippen molar-refractivity contribution in [3.63, 3.8) is 0 Å². The quantitative estimate of drug-likeness (QED) is 0.554. The molecule has 0 radical (unpaired) electrons. The number of aliphatic hydroxyl groups excluding tert-OH is 2. The Balaban J connectivity index is 2.17. The molecule has 2 aromatic carbocycles. The van der Waals surface area contributed by atoms with E-state index in [9.17, 15) is 20.3 Å². The smallest absolute Gasteiger partial charge is 0.269 e. The van der Waals surface area contributed by atoms with E-state index < -0.39 is 23.7 Å². The molecule has 0 saturated heterocycles. The first-order valence-corrected chi connectivity index (χ1v) is 7.42. The van der Waals surface area contributed by atoms with Crippen molar-refractivity contribution in [3.05, 3.63) is 58.1 Å². The molecule has 0 aliphatic carbocycles. The van der Waals surface area contributed by atoms with E-state index in [1.54, 1.807) is 18.2 Å². The zero-order chi connectivity index (χ0) is 18.4. The molecule has 0 aliphatic heterocycles. The standard InChI is InChI=1S/C17H19NO7/c1-23-14-8-3-11(9-15(14)24-2)17(20)16(10-19)25-13-6-4-12(5-7-13)18(21)22/h3-9,16-17,19-20H,10H2,1-2H3. The van der Waals surface area contributed by atoms with Crippen LogP contribution in [0.5, 0.6) is 17.2 Å². The summed E-state index contributed by atoms with van der Waals surface area (Å²) in [6, 6.07) is 10.2. The van der Waals surface area contributed by atoms with Crippen LogP contribution in [0, 0.1) is 10.1 Å². The van der Waals surface area contributed by atoms with Crippen LogP contribution in [0.25, 0.3) is 0 Å². The molecule has 0 aliphatic rings. The van der Waals surface area contributed by atoms with Gasteiger partial charge < -0.3 is 24.4 Å². The van der Waals surface area contributed by atoms with Crippen LogP contribution >= 0.6 is 0 Å². The summed E-state index contributed by atoms with van der Waals surface area (Å²) in [4.78, 5) is 10.1. The topological polar surface area (TPSA) is 111 Å². The lowest BCUT2D eigenvalue weighted by Crippen LogP contribution is -2.29. The predicted octanol–water partition coefficient (Wildman–Crippen LogP) is 2.09. The van der Waals surface area contributed by atoms with Gasteiger partial charge in [-0.2, -0.15) is 0 Å². The normalized spacial score (nSPS) is 13.0. The highest BCUT2D eigenvalue weighted by Crippen LogP contribution is 2.32. The number of rotatable bonds is 8. The van der Waals surface area contributed by atoms with Crippen molar-refractivity contribution in [2.75, 3.05) is 20.8 Å². The number of non-ortho nitro benzene ring substituents is 1. The molecule has 2 N–H and O–H groups in total. The molecule has 0 fully saturated rings. The van der Waals surface area contributed by atoms with E-state index in [2.05, 4.69) is 0 Å². The number of benzene rings is 2. The summed E-state index contributed by atoms with van der Waals surface area (Å²) >= 11 is 0. The number of nitrogens with zero attached hydrogens (tertiary/aromatic N) is 1. The van der Waals surface area contributed by atoms with Crippen molar-refractivity contribution < 1.29 is 29.3 Å². The number of hydrogen-bond donors (Lipinski definition) is 2. The summed E-state index contributed by atoms with van der Waals surface area (Å²) < 4.78 is 15.9. The molecule has 2 rings (SSSR count). The lowest BCUT2D eigenvalue weighted by atomic mass is 10.0. The van der Waals surface area contributed by atoms with E-state index in [1.165, 1.54) is 38.5 Å². The Morgan fingerprint density at radius 3 is 2.24 bits per heavy atom. The van der Waals surface area contributed by atoms with E-state index in [0.29, 0.717) is 22.8 Å². The molecule has 25 heavy (non-hydrogen) atoms. The molecular formula is C17H19NO7. The van der Waals surface area contributed by atoms with Crippen molar-refractivity contribution in [1.29, 1.82) is 0 Å². The van der Waals surface area contributed by atoms with Crippen molar-refractivity contribution in [2.45, 2.75) is 12.2 Å². The minimum absolute atomic E-state index is 0.0756. The Morgan fingerprint density at radius 2 is 1.72 bits per heavy atom. The summed E-state index contributed by atoms with van der Waals surface area (Å²) in [7, 11) is 2.98. The van der Waals surface area contributed by atoms with Crippen LogP contribution in [0.1, 0.15) is 11.7 Å². The van der Waals surface area contributed by atoms with Gasteiger partial charge in [0.15, 0.2) is 17.6 Å². The van der Waals surface area contributed by atoms with E-state index in [0.717, 1.165) is 0 Å². The molecule has 2 atom stereocenters. The number of methoxy groups -OCH3 is 2. The number of nitro benzene ring substituents is 1. The summed E-state index contributed by atoms with van der Waals surface area (Å²) in [5.41, 5.74) is 0.395. The molecule has 2 unspecified atom stereocenters. The van der Waals surface area contributed by atoms with Crippen LogP contribution in [-0.2, 0) is 0 Å². The fraction of sp³-hybridized carbons (Fsp3) is 0.294. The second kappa shape index (κ2) is 8.32. The second-order valence-corrected chi connectivity index (χ2v) is 5.15. The lowest BCUT2D eigenvalue weighted by molar-refractivity contribution is -0.384. The first kappa shape index (κ1) is 18.5. The molecule has 8 nitrogen and oxygen atoms in total. The summed E-state index contributed by atoms with van der Waals surface area (Å²) in [5, 5.41) is 30.7. The zero-order valence-electron chi connectivity index (χ0n) is 13.8. The van der Waals surface area contributed by atoms with E-state index in [-0.39, 0.29) is 5.69 Å². The Bertz CT molecular complexity index is 717. The van der Waals surface area contributed by atoms with Crippen LogP contribution in [-0.4, -0.2) is 42.1 Å². The Kier molecular flexibility index (Phi) is 6.15. The maximum atomic E-state index is 10.7. The average Bonchev–Trinajstić information content (AvgIpc) is 2.65. The van der Waals surface area contributed by atoms with Gasteiger partial charge in [-0.15, -0.1) is 0 Å². The minimum atomic E-state index is -1.14. The molecule has 0 spiro atoms. The number of ether oxygens (including phenoxy) is 3. The summed E-state index contributed by atoms with van der Waals surface area (Å²) in [6.45, 7) is -0.452. The molecule has 8 heteroatoms. The molecular weight excluding hydrogens is 330 g/mol. The van der Waals surface area contributed by atoms with Gasteiger partial charge in [0, 0.05) is 12.1 Å². The van der Waals surface area contributed by atoms with Gasteiger partial charge in [0.25, 0.3) is 5.69 Å². The second-order valence-electron chi connectivity index (χ2n) is 5.15. The summed E-state index contributed by atoms with van der Waals surface area (Å²) in [6.07, 6.45) is -2.10. The molecule has 0 amide bonds. The predicted molar refractivity (Wildman–Crippen MR) is 89.1 cm³/mol. The van der Waals surface area contributed by atoms with Gasteiger partial charge in [-0.25, -0.2) is 0 Å². The Hall–Kier alpha value is -2.84.